The zero-order valence-electron chi connectivity index (χ0n) is 15.3. The van der Waals surface area contributed by atoms with E-state index < -0.39 is 6.43 Å². The number of rotatable bonds is 4. The first kappa shape index (κ1) is 17.9. The smallest absolute Gasteiger partial charge is 0.264 e. The molecule has 4 heterocycles. The topological polar surface area (TPSA) is 67.9 Å². The third-order valence-electron chi connectivity index (χ3n) is 5.07. The maximum Gasteiger partial charge on any atom is 0.264 e. The summed E-state index contributed by atoms with van der Waals surface area (Å²) in [4.78, 5) is 15.3. The Labute approximate surface area is 155 Å². The van der Waals surface area contributed by atoms with Crippen LogP contribution in [0.3, 0.4) is 0 Å². The lowest BCUT2D eigenvalue weighted by molar-refractivity contribution is 0.152. The number of piperidine rings is 1. The fourth-order valence-electron chi connectivity index (χ4n) is 3.73. The number of hydrogen-bond acceptors (Lipinski definition) is 6. The highest BCUT2D eigenvalue weighted by Gasteiger charge is 2.26. The Hall–Kier alpha value is -2.48. The van der Waals surface area contributed by atoms with Gasteiger partial charge in [0, 0.05) is 48.2 Å². The summed E-state index contributed by atoms with van der Waals surface area (Å²) in [7, 11) is 0. The van der Waals surface area contributed by atoms with Crippen LogP contribution in [0.1, 0.15) is 53.5 Å². The lowest BCUT2D eigenvalue weighted by atomic mass is 9.92. The molecule has 0 bridgehead atoms. The van der Waals surface area contributed by atoms with Gasteiger partial charge in [0.15, 0.2) is 0 Å². The van der Waals surface area contributed by atoms with Crippen molar-refractivity contribution in [3.63, 3.8) is 0 Å². The average Bonchev–Trinajstić information content (AvgIpc) is 3.04. The second-order valence-corrected chi connectivity index (χ2v) is 7.10. The van der Waals surface area contributed by atoms with E-state index in [0.29, 0.717) is 16.8 Å². The van der Waals surface area contributed by atoms with Gasteiger partial charge < -0.3 is 4.52 Å². The van der Waals surface area contributed by atoms with Crippen LogP contribution in [0, 0.1) is 13.8 Å². The Kier molecular flexibility index (Phi) is 4.82. The number of pyridine rings is 1. The van der Waals surface area contributed by atoms with Gasteiger partial charge >= 0.3 is 0 Å². The van der Waals surface area contributed by atoms with Gasteiger partial charge in [-0.05, 0) is 39.3 Å². The van der Waals surface area contributed by atoms with Gasteiger partial charge in [0.05, 0.1) is 11.1 Å². The van der Waals surface area contributed by atoms with E-state index in [0.717, 1.165) is 43.9 Å². The number of likely N-dealkylation sites (tertiary alicyclic amines) is 1. The summed E-state index contributed by atoms with van der Waals surface area (Å²) < 4.78 is 32.3. The van der Waals surface area contributed by atoms with Crippen LogP contribution >= 0.6 is 0 Å². The summed E-state index contributed by atoms with van der Waals surface area (Å²) >= 11 is 0. The Bertz CT molecular complexity index is 941. The molecular weight excluding hydrogens is 352 g/mol. The minimum atomic E-state index is -2.59. The maximum absolute atomic E-state index is 13.6. The van der Waals surface area contributed by atoms with E-state index in [9.17, 15) is 8.78 Å². The van der Waals surface area contributed by atoms with Gasteiger partial charge in [0.2, 0.25) is 0 Å². The number of fused-ring (bicyclic) bond motifs is 1. The largest absolute Gasteiger partial charge is 0.336 e. The van der Waals surface area contributed by atoms with Gasteiger partial charge in [0.1, 0.15) is 5.82 Å². The molecule has 3 aromatic rings. The van der Waals surface area contributed by atoms with Crippen LogP contribution < -0.4 is 0 Å². The Balaban J connectivity index is 1.58. The normalized spacial score (nSPS) is 18.5. The van der Waals surface area contributed by atoms with Crippen molar-refractivity contribution < 1.29 is 13.3 Å². The Morgan fingerprint density at radius 2 is 2.04 bits per heavy atom. The average molecular weight is 373 g/mol. The summed E-state index contributed by atoms with van der Waals surface area (Å²) in [5.41, 5.74) is 2.30. The molecule has 1 atom stereocenters. The first-order valence-corrected chi connectivity index (χ1v) is 9.06. The highest BCUT2D eigenvalue weighted by molar-refractivity contribution is 5.80. The van der Waals surface area contributed by atoms with Gasteiger partial charge in [-0.15, -0.1) is 0 Å². The van der Waals surface area contributed by atoms with Crippen LogP contribution in [0.4, 0.5) is 8.78 Å². The van der Waals surface area contributed by atoms with Crippen LogP contribution in [0.25, 0.3) is 11.1 Å². The summed E-state index contributed by atoms with van der Waals surface area (Å²) in [6.45, 7) is 5.96. The number of halogens is 2. The molecular formula is C19H21F2N5O. The van der Waals surface area contributed by atoms with E-state index in [2.05, 4.69) is 25.0 Å². The molecule has 1 saturated heterocycles. The molecule has 0 unspecified atom stereocenters. The number of alkyl halides is 2. The number of aromatic nitrogens is 4. The van der Waals surface area contributed by atoms with Crippen LogP contribution in [0.2, 0.25) is 0 Å². The van der Waals surface area contributed by atoms with E-state index >= 15 is 0 Å². The van der Waals surface area contributed by atoms with Crippen molar-refractivity contribution in [1.82, 2.24) is 25.0 Å². The number of aryl methyl sites for hydroxylation is 2. The zero-order valence-corrected chi connectivity index (χ0v) is 15.3. The van der Waals surface area contributed by atoms with Crippen molar-refractivity contribution in [3.05, 3.63) is 46.8 Å². The number of nitrogens with zero attached hydrogens (tertiary/aromatic N) is 5. The van der Waals surface area contributed by atoms with Crippen molar-refractivity contribution in [3.8, 4) is 0 Å². The predicted molar refractivity (Wildman–Crippen MR) is 95.5 cm³/mol. The maximum atomic E-state index is 13.6. The quantitative estimate of drug-likeness (QED) is 0.690. The summed E-state index contributed by atoms with van der Waals surface area (Å²) in [6.07, 6.45) is 2.98. The second-order valence-electron chi connectivity index (χ2n) is 7.10. The molecule has 0 N–H and O–H groups in total. The lowest BCUT2D eigenvalue weighted by Crippen LogP contribution is -2.34. The van der Waals surface area contributed by atoms with Crippen molar-refractivity contribution in [1.29, 1.82) is 0 Å². The Morgan fingerprint density at radius 1 is 1.26 bits per heavy atom. The molecule has 1 aliphatic heterocycles. The van der Waals surface area contributed by atoms with Gasteiger partial charge in [-0.3, -0.25) is 4.90 Å². The van der Waals surface area contributed by atoms with Crippen molar-refractivity contribution in [2.75, 3.05) is 13.1 Å². The molecule has 8 heteroatoms. The molecule has 4 rings (SSSR count). The molecule has 0 amide bonds. The molecule has 0 saturated carbocycles. The Morgan fingerprint density at radius 3 is 2.78 bits per heavy atom. The molecule has 27 heavy (non-hydrogen) atoms. The summed E-state index contributed by atoms with van der Waals surface area (Å²) in [5.74, 6) is 0.826. The molecule has 0 radical (unpaired) electrons. The first-order valence-electron chi connectivity index (χ1n) is 9.06. The summed E-state index contributed by atoms with van der Waals surface area (Å²) in [5, 5.41) is 4.14. The van der Waals surface area contributed by atoms with Crippen LogP contribution in [0.15, 0.2) is 23.0 Å². The van der Waals surface area contributed by atoms with E-state index in [-0.39, 0.29) is 17.2 Å². The van der Waals surface area contributed by atoms with Crippen LogP contribution in [0.5, 0.6) is 0 Å². The second kappa shape index (κ2) is 7.26. The number of hydrogen-bond donors (Lipinski definition) is 0. The molecule has 6 nitrogen and oxygen atoms in total. The first-order chi connectivity index (χ1) is 13.0. The molecule has 142 valence electrons. The predicted octanol–water partition coefficient (Wildman–Crippen LogP) is 3.95. The molecule has 0 aliphatic carbocycles. The van der Waals surface area contributed by atoms with Gasteiger partial charge in [0.25, 0.3) is 12.1 Å². The molecule has 0 spiro atoms. The van der Waals surface area contributed by atoms with Crippen molar-refractivity contribution in [2.24, 2.45) is 0 Å². The van der Waals surface area contributed by atoms with Gasteiger partial charge in [-0.1, -0.05) is 5.16 Å². The third kappa shape index (κ3) is 3.66. The molecule has 1 aliphatic rings. The molecule has 0 aromatic carbocycles. The van der Waals surface area contributed by atoms with E-state index in [1.54, 1.807) is 6.92 Å². The minimum Gasteiger partial charge on any atom is -0.336 e. The minimum absolute atomic E-state index is 0.0437. The van der Waals surface area contributed by atoms with Crippen LogP contribution in [-0.2, 0) is 6.54 Å². The summed E-state index contributed by atoms with van der Waals surface area (Å²) in [6, 6.07) is 1.53. The zero-order chi connectivity index (χ0) is 19.0. The van der Waals surface area contributed by atoms with E-state index in [1.807, 2.05) is 19.3 Å². The van der Waals surface area contributed by atoms with Crippen LogP contribution in [-0.4, -0.2) is 38.1 Å². The van der Waals surface area contributed by atoms with Crippen molar-refractivity contribution >= 4 is 11.1 Å². The lowest BCUT2D eigenvalue weighted by Gasteiger charge is -2.32. The third-order valence-corrected chi connectivity index (χ3v) is 5.07. The molecule has 3 aromatic heterocycles. The van der Waals surface area contributed by atoms with Gasteiger partial charge in [-0.25, -0.2) is 23.7 Å². The highest BCUT2D eigenvalue weighted by atomic mass is 19.3. The van der Waals surface area contributed by atoms with E-state index in [1.165, 1.54) is 6.07 Å². The SMILES string of the molecule is Cc1ncc(CN2CCC[C@H](c3cc(C(F)F)c4c(C)noc4n3)C2)cn1. The van der Waals surface area contributed by atoms with Crippen molar-refractivity contribution in [2.45, 2.75) is 45.6 Å². The van der Waals surface area contributed by atoms with E-state index in [4.69, 9.17) is 4.52 Å². The van der Waals surface area contributed by atoms with Gasteiger partial charge in [-0.2, -0.15) is 0 Å². The fourth-order valence-corrected chi connectivity index (χ4v) is 3.73. The monoisotopic (exact) mass is 373 g/mol. The molecule has 1 fully saturated rings. The fraction of sp³-hybridized carbons (Fsp3) is 0.474. The standard InChI is InChI=1S/C19H21F2N5O/c1-11-17-15(18(20)21)6-16(24-19(17)27-25-11)14-4-3-5-26(10-14)9-13-7-22-12(2)23-8-13/h6-8,14,18H,3-5,9-10H2,1-2H3/t14-/m0/s1. The highest BCUT2D eigenvalue weighted by Crippen LogP contribution is 2.34.